The van der Waals surface area contributed by atoms with E-state index >= 15 is 0 Å². The lowest BCUT2D eigenvalue weighted by molar-refractivity contribution is -0.131. The van der Waals surface area contributed by atoms with Crippen LogP contribution in [0.25, 0.3) is 0 Å². The number of halogens is 1. The largest absolute Gasteiger partial charge is 0.496 e. The van der Waals surface area contributed by atoms with E-state index in [-0.39, 0.29) is 36.6 Å². The summed E-state index contributed by atoms with van der Waals surface area (Å²) in [7, 11) is 1.53. The second-order valence-electron chi connectivity index (χ2n) is 9.65. The van der Waals surface area contributed by atoms with Gasteiger partial charge in [-0.1, -0.05) is 42.8 Å². The molecule has 4 rings (SSSR count). The SMILES string of the molecule is CC[C@@H](NC(=O)N1CC(NOc2ccccc2)=NC[C@H](Cc2cc(Cl)ccc2OC)C1=O)c1ccc(C(=O)O)c(N)c1. The number of hydroxylamine groups is 1. The number of nitrogens with one attached hydrogen (secondary N) is 2. The Morgan fingerprint density at radius 1 is 1.17 bits per heavy atom. The summed E-state index contributed by atoms with van der Waals surface area (Å²) in [5.74, 6) is -0.914. The first kappa shape index (κ1) is 30.2. The van der Waals surface area contributed by atoms with Gasteiger partial charge in [-0.25, -0.2) is 15.1 Å². The molecule has 1 aliphatic heterocycles. The number of carbonyl (C=O) groups is 3. The second kappa shape index (κ2) is 13.7. The number of nitrogen functional groups attached to an aromatic ring is 1. The Hall–Kier alpha value is -4.77. The fraction of sp³-hybridized carbons (Fsp3) is 0.267. The zero-order valence-corrected chi connectivity index (χ0v) is 23.9. The van der Waals surface area contributed by atoms with Gasteiger partial charge in [0.05, 0.1) is 37.7 Å². The van der Waals surface area contributed by atoms with E-state index in [1.807, 2.05) is 25.1 Å². The van der Waals surface area contributed by atoms with Crippen molar-refractivity contribution in [2.45, 2.75) is 25.8 Å². The quantitative estimate of drug-likeness (QED) is 0.209. The number of imide groups is 1. The summed E-state index contributed by atoms with van der Waals surface area (Å²) in [6.07, 6.45) is 0.687. The zero-order chi connectivity index (χ0) is 30.2. The Balaban J connectivity index is 1.59. The minimum atomic E-state index is -1.15. The Bertz CT molecular complexity index is 1480. The molecule has 5 N–H and O–H groups in total. The monoisotopic (exact) mass is 593 g/mol. The minimum Gasteiger partial charge on any atom is -0.496 e. The van der Waals surface area contributed by atoms with E-state index in [9.17, 15) is 19.5 Å². The molecule has 0 bridgehead atoms. The summed E-state index contributed by atoms with van der Waals surface area (Å²) in [4.78, 5) is 50.2. The molecule has 0 aliphatic carbocycles. The molecule has 0 aromatic heterocycles. The first-order chi connectivity index (χ1) is 20.2. The normalized spacial score (nSPS) is 15.7. The van der Waals surface area contributed by atoms with Crippen LogP contribution in [0.5, 0.6) is 11.5 Å². The number of hydrogen-bond donors (Lipinski definition) is 4. The van der Waals surface area contributed by atoms with Crippen LogP contribution in [0.4, 0.5) is 10.5 Å². The molecule has 0 spiro atoms. The number of nitrogens with zero attached hydrogens (tertiary/aromatic N) is 2. The number of carbonyl (C=O) groups excluding carboxylic acids is 2. The molecule has 11 nitrogen and oxygen atoms in total. The number of carboxylic acids is 1. The molecule has 0 fully saturated rings. The number of urea groups is 1. The molecular weight excluding hydrogens is 562 g/mol. The molecule has 220 valence electrons. The van der Waals surface area contributed by atoms with Crippen LogP contribution in [0.15, 0.2) is 71.7 Å². The van der Waals surface area contributed by atoms with Gasteiger partial charge in [0.15, 0.2) is 11.6 Å². The maximum atomic E-state index is 13.8. The number of rotatable bonds is 9. The number of hydrogen-bond acceptors (Lipinski definition) is 8. The number of ether oxygens (including phenoxy) is 1. The molecule has 0 radical (unpaired) electrons. The molecule has 3 amide bonds. The van der Waals surface area contributed by atoms with Gasteiger partial charge in [-0.2, -0.15) is 0 Å². The molecule has 12 heteroatoms. The fourth-order valence-corrected chi connectivity index (χ4v) is 4.80. The first-order valence-corrected chi connectivity index (χ1v) is 13.7. The topological polar surface area (TPSA) is 156 Å². The number of methoxy groups -OCH3 is 1. The number of amides is 3. The predicted molar refractivity (Wildman–Crippen MR) is 159 cm³/mol. The van der Waals surface area contributed by atoms with Crippen LogP contribution in [-0.4, -0.2) is 53.9 Å². The molecule has 0 saturated carbocycles. The van der Waals surface area contributed by atoms with Crippen molar-refractivity contribution in [3.8, 4) is 11.5 Å². The first-order valence-electron chi connectivity index (χ1n) is 13.3. The highest BCUT2D eigenvalue weighted by atomic mass is 35.5. The van der Waals surface area contributed by atoms with Crippen molar-refractivity contribution in [2.24, 2.45) is 10.9 Å². The Morgan fingerprint density at radius 2 is 1.93 bits per heavy atom. The van der Waals surface area contributed by atoms with E-state index in [1.54, 1.807) is 36.4 Å². The predicted octanol–water partition coefficient (Wildman–Crippen LogP) is 4.47. The molecule has 3 aromatic rings. The summed E-state index contributed by atoms with van der Waals surface area (Å²) in [5, 5.41) is 12.7. The molecule has 0 saturated heterocycles. The number of nitrogens with two attached hydrogens (primary N) is 1. The van der Waals surface area contributed by atoms with Crippen LogP contribution in [0.3, 0.4) is 0 Å². The van der Waals surface area contributed by atoms with Crippen LogP contribution in [-0.2, 0) is 11.2 Å². The smallest absolute Gasteiger partial charge is 0.337 e. The standard InChI is InChI=1S/C30H32ClN5O6/c1-3-25(18-9-11-23(29(38)39)24(32)15-18)34-30(40)36-17-27(35-42-22-7-5-4-6-8-22)33-16-20(28(36)37)13-19-14-21(31)10-12-26(19)41-2/h4-12,14-15,20,25H,3,13,16-17,32H2,1-2H3,(H,33,35)(H,34,40)(H,38,39)/t20-,25+/m0/s1. The van der Waals surface area contributed by atoms with E-state index in [4.69, 9.17) is 26.9 Å². The highest BCUT2D eigenvalue weighted by Gasteiger charge is 2.34. The lowest BCUT2D eigenvalue weighted by atomic mass is 9.97. The maximum absolute atomic E-state index is 13.8. The van der Waals surface area contributed by atoms with E-state index < -0.39 is 29.9 Å². The van der Waals surface area contributed by atoms with Gasteiger partial charge in [0.2, 0.25) is 5.91 Å². The highest BCUT2D eigenvalue weighted by molar-refractivity contribution is 6.30. The molecular formula is C30H32ClN5O6. The third kappa shape index (κ3) is 7.29. The van der Waals surface area contributed by atoms with E-state index in [0.717, 1.165) is 4.90 Å². The molecule has 0 unspecified atom stereocenters. The summed E-state index contributed by atoms with van der Waals surface area (Å²) in [6.45, 7) is 1.77. The maximum Gasteiger partial charge on any atom is 0.337 e. The lowest BCUT2D eigenvalue weighted by Gasteiger charge is -2.27. The number of aromatic carboxylic acids is 1. The summed E-state index contributed by atoms with van der Waals surface area (Å²) in [5.41, 5.74) is 10.1. The lowest BCUT2D eigenvalue weighted by Crippen LogP contribution is -2.50. The Morgan fingerprint density at radius 3 is 2.60 bits per heavy atom. The van der Waals surface area contributed by atoms with Gasteiger partial charge in [-0.3, -0.25) is 14.7 Å². The van der Waals surface area contributed by atoms with Gasteiger partial charge in [0.1, 0.15) is 5.75 Å². The third-order valence-electron chi connectivity index (χ3n) is 6.82. The van der Waals surface area contributed by atoms with Crippen molar-refractivity contribution in [2.75, 3.05) is 25.9 Å². The van der Waals surface area contributed by atoms with Crippen LogP contribution in [0, 0.1) is 5.92 Å². The summed E-state index contributed by atoms with van der Waals surface area (Å²) >= 11 is 6.22. The zero-order valence-electron chi connectivity index (χ0n) is 23.2. The van der Waals surface area contributed by atoms with Crippen LogP contribution in [0.2, 0.25) is 5.02 Å². The Kier molecular flexibility index (Phi) is 9.87. The van der Waals surface area contributed by atoms with Gasteiger partial charge < -0.3 is 25.7 Å². The number of anilines is 1. The van der Waals surface area contributed by atoms with E-state index in [0.29, 0.717) is 34.1 Å². The van der Waals surface area contributed by atoms with Crippen LogP contribution in [0.1, 0.15) is 40.9 Å². The number of para-hydroxylation sites is 1. The average Bonchev–Trinajstić information content (AvgIpc) is 3.13. The van der Waals surface area contributed by atoms with E-state index in [2.05, 4.69) is 15.8 Å². The number of amidine groups is 1. The van der Waals surface area contributed by atoms with Gasteiger partial charge in [0.25, 0.3) is 0 Å². The van der Waals surface area contributed by atoms with Crippen molar-refractivity contribution in [1.82, 2.24) is 15.7 Å². The minimum absolute atomic E-state index is 0.0349. The van der Waals surface area contributed by atoms with Gasteiger partial charge in [-0.15, -0.1) is 0 Å². The highest BCUT2D eigenvalue weighted by Crippen LogP contribution is 2.27. The molecule has 1 heterocycles. The molecule has 2 atom stereocenters. The van der Waals surface area contributed by atoms with Crippen molar-refractivity contribution in [3.05, 3.63) is 88.4 Å². The Labute approximate surface area is 248 Å². The summed E-state index contributed by atoms with van der Waals surface area (Å²) in [6, 6.07) is 17.4. The number of aliphatic imine (C=N–C) groups is 1. The molecule has 3 aromatic carbocycles. The van der Waals surface area contributed by atoms with Crippen LogP contribution < -0.4 is 26.1 Å². The second-order valence-corrected chi connectivity index (χ2v) is 10.1. The molecule has 1 aliphatic rings. The van der Waals surface area contributed by atoms with Gasteiger partial charge in [-0.05, 0) is 66.4 Å². The summed E-state index contributed by atoms with van der Waals surface area (Å²) < 4.78 is 5.46. The van der Waals surface area contributed by atoms with Gasteiger partial charge >= 0.3 is 12.0 Å². The number of carboxylic acid groups (broad SMARTS) is 1. The third-order valence-corrected chi connectivity index (χ3v) is 7.06. The fourth-order valence-electron chi connectivity index (χ4n) is 4.60. The van der Waals surface area contributed by atoms with Crippen molar-refractivity contribution in [1.29, 1.82) is 0 Å². The van der Waals surface area contributed by atoms with Crippen LogP contribution >= 0.6 is 11.6 Å². The number of benzene rings is 3. The van der Waals surface area contributed by atoms with E-state index in [1.165, 1.54) is 19.2 Å². The van der Waals surface area contributed by atoms with Gasteiger partial charge in [0, 0.05) is 10.7 Å². The molecule has 42 heavy (non-hydrogen) atoms. The average molecular weight is 594 g/mol. The van der Waals surface area contributed by atoms with Crippen molar-refractivity contribution < 1.29 is 29.1 Å². The van der Waals surface area contributed by atoms with Crippen molar-refractivity contribution >= 4 is 41.0 Å². The van der Waals surface area contributed by atoms with Crippen molar-refractivity contribution in [3.63, 3.8) is 0 Å².